The van der Waals surface area contributed by atoms with Crippen molar-refractivity contribution in [2.45, 2.75) is 31.8 Å². The first-order valence-corrected chi connectivity index (χ1v) is 4.59. The average Bonchev–Trinajstić information content (AvgIpc) is 2.20. The van der Waals surface area contributed by atoms with Gasteiger partial charge in [-0.3, -0.25) is 0 Å². The third-order valence-electron chi connectivity index (χ3n) is 2.31. The molecule has 3 nitrogen and oxygen atoms in total. The normalized spacial score (nSPS) is 19.1. The van der Waals surface area contributed by atoms with Crippen LogP contribution in [-0.4, -0.2) is 26.3 Å². The summed E-state index contributed by atoms with van der Waals surface area (Å²) in [7, 11) is 2.93. The number of carbonyl (C=O) groups is 1. The van der Waals surface area contributed by atoms with Crippen molar-refractivity contribution in [3.05, 3.63) is 11.6 Å². The third kappa shape index (κ3) is 2.56. The molecule has 3 heteroatoms. The van der Waals surface area contributed by atoms with Crippen molar-refractivity contribution in [2.24, 2.45) is 0 Å². The van der Waals surface area contributed by atoms with Gasteiger partial charge in [-0.25, -0.2) is 4.79 Å². The zero-order valence-electron chi connectivity index (χ0n) is 8.21. The Morgan fingerprint density at radius 3 is 2.69 bits per heavy atom. The summed E-state index contributed by atoms with van der Waals surface area (Å²) < 4.78 is 9.75. The van der Waals surface area contributed by atoms with Crippen LogP contribution < -0.4 is 0 Å². The van der Waals surface area contributed by atoms with Crippen LogP contribution in [0.3, 0.4) is 0 Å². The van der Waals surface area contributed by atoms with Gasteiger partial charge in [-0.05, 0) is 31.3 Å². The quantitative estimate of drug-likeness (QED) is 0.494. The molecule has 13 heavy (non-hydrogen) atoms. The van der Waals surface area contributed by atoms with E-state index >= 15 is 0 Å². The van der Waals surface area contributed by atoms with Gasteiger partial charge >= 0.3 is 5.97 Å². The van der Waals surface area contributed by atoms with E-state index < -0.39 is 6.10 Å². The summed E-state index contributed by atoms with van der Waals surface area (Å²) in [5.41, 5.74) is 1.07. The Balaban J connectivity index is 2.64. The molecule has 0 spiro atoms. The number of hydrogen-bond donors (Lipinski definition) is 0. The molecule has 0 bridgehead atoms. The highest BCUT2D eigenvalue weighted by atomic mass is 16.6. The van der Waals surface area contributed by atoms with Crippen LogP contribution in [0.15, 0.2) is 11.6 Å². The number of esters is 1. The lowest BCUT2D eigenvalue weighted by molar-refractivity contribution is -0.150. The fourth-order valence-corrected chi connectivity index (χ4v) is 1.61. The van der Waals surface area contributed by atoms with Gasteiger partial charge in [0.25, 0.3) is 0 Å². The number of carbonyl (C=O) groups excluding carboxylic acids is 1. The monoisotopic (exact) mass is 184 g/mol. The second-order valence-corrected chi connectivity index (χ2v) is 3.16. The molecule has 0 aromatic heterocycles. The largest absolute Gasteiger partial charge is 0.467 e. The van der Waals surface area contributed by atoms with Gasteiger partial charge in [-0.15, -0.1) is 0 Å². The first-order valence-electron chi connectivity index (χ1n) is 4.59. The highest BCUT2D eigenvalue weighted by Gasteiger charge is 2.23. The highest BCUT2D eigenvalue weighted by molar-refractivity contribution is 5.78. The van der Waals surface area contributed by atoms with Crippen molar-refractivity contribution < 1.29 is 14.3 Å². The predicted octanol–water partition coefficient (Wildman–Crippen LogP) is 1.67. The molecule has 1 unspecified atom stereocenters. The number of allylic oxidation sites excluding steroid dienone is 1. The minimum absolute atomic E-state index is 0.296. The van der Waals surface area contributed by atoms with Gasteiger partial charge in [0.1, 0.15) is 0 Å². The Hall–Kier alpha value is -0.830. The fourth-order valence-electron chi connectivity index (χ4n) is 1.61. The minimum Gasteiger partial charge on any atom is -0.467 e. The van der Waals surface area contributed by atoms with Gasteiger partial charge in [0.05, 0.1) is 7.11 Å². The molecule has 0 fully saturated rings. The van der Waals surface area contributed by atoms with Crippen molar-refractivity contribution in [2.75, 3.05) is 14.2 Å². The molecule has 0 radical (unpaired) electrons. The molecule has 0 aromatic carbocycles. The van der Waals surface area contributed by atoms with Crippen LogP contribution in [-0.2, 0) is 14.3 Å². The van der Waals surface area contributed by atoms with E-state index in [-0.39, 0.29) is 5.97 Å². The van der Waals surface area contributed by atoms with Crippen LogP contribution in [0.4, 0.5) is 0 Å². The smallest absolute Gasteiger partial charge is 0.339 e. The number of methoxy groups -OCH3 is 2. The highest BCUT2D eigenvalue weighted by Crippen LogP contribution is 2.22. The van der Waals surface area contributed by atoms with Crippen LogP contribution in [0.25, 0.3) is 0 Å². The lowest BCUT2D eigenvalue weighted by Crippen LogP contribution is -2.27. The SMILES string of the molecule is COC(=O)C(OC)C1=CCCCC1. The topological polar surface area (TPSA) is 35.5 Å². The predicted molar refractivity (Wildman–Crippen MR) is 49.4 cm³/mol. The van der Waals surface area contributed by atoms with Crippen molar-refractivity contribution >= 4 is 5.97 Å². The van der Waals surface area contributed by atoms with Crippen molar-refractivity contribution in [3.63, 3.8) is 0 Å². The molecule has 0 N–H and O–H groups in total. The van der Waals surface area contributed by atoms with E-state index in [2.05, 4.69) is 10.8 Å². The summed E-state index contributed by atoms with van der Waals surface area (Å²) >= 11 is 0. The first kappa shape index (κ1) is 10.3. The Morgan fingerprint density at radius 1 is 1.46 bits per heavy atom. The van der Waals surface area contributed by atoms with Crippen molar-refractivity contribution in [1.29, 1.82) is 0 Å². The molecular formula is C10H16O3. The molecule has 0 aromatic rings. The van der Waals surface area contributed by atoms with E-state index in [0.717, 1.165) is 24.8 Å². The molecule has 0 saturated heterocycles. The molecule has 0 heterocycles. The molecule has 1 aliphatic rings. The van der Waals surface area contributed by atoms with Crippen molar-refractivity contribution in [1.82, 2.24) is 0 Å². The lowest BCUT2D eigenvalue weighted by Gasteiger charge is -2.19. The molecule has 1 atom stereocenters. The van der Waals surface area contributed by atoms with Crippen LogP contribution in [0, 0.1) is 0 Å². The summed E-state index contributed by atoms with van der Waals surface area (Å²) in [6, 6.07) is 0. The summed E-state index contributed by atoms with van der Waals surface area (Å²) in [4.78, 5) is 11.3. The number of hydrogen-bond acceptors (Lipinski definition) is 3. The second kappa shape index (κ2) is 5.02. The van der Waals surface area contributed by atoms with E-state index in [0.29, 0.717) is 0 Å². The van der Waals surface area contributed by atoms with Crippen LogP contribution in [0.5, 0.6) is 0 Å². The van der Waals surface area contributed by atoms with Gasteiger partial charge in [0, 0.05) is 7.11 Å². The molecule has 0 saturated carbocycles. The fraction of sp³-hybridized carbons (Fsp3) is 0.700. The molecule has 0 amide bonds. The van der Waals surface area contributed by atoms with Gasteiger partial charge in [0.2, 0.25) is 0 Å². The van der Waals surface area contributed by atoms with E-state index in [1.54, 1.807) is 0 Å². The first-order chi connectivity index (χ1) is 6.29. The average molecular weight is 184 g/mol. The second-order valence-electron chi connectivity index (χ2n) is 3.16. The third-order valence-corrected chi connectivity index (χ3v) is 2.31. The zero-order valence-corrected chi connectivity index (χ0v) is 8.21. The molecule has 1 rings (SSSR count). The molecule has 1 aliphatic carbocycles. The van der Waals surface area contributed by atoms with Gasteiger partial charge in [-0.1, -0.05) is 6.08 Å². The van der Waals surface area contributed by atoms with E-state index in [9.17, 15) is 4.79 Å². The lowest BCUT2D eigenvalue weighted by atomic mass is 9.95. The summed E-state index contributed by atoms with van der Waals surface area (Å²) in [6.07, 6.45) is 5.96. The Kier molecular flexibility index (Phi) is 3.96. The van der Waals surface area contributed by atoms with Crippen LogP contribution in [0.2, 0.25) is 0 Å². The maximum Gasteiger partial charge on any atom is 0.339 e. The summed E-state index contributed by atoms with van der Waals surface area (Å²) in [5, 5.41) is 0. The standard InChI is InChI=1S/C10H16O3/c1-12-9(10(11)13-2)8-6-4-3-5-7-8/h6,9H,3-5,7H2,1-2H3. The molecule has 0 aliphatic heterocycles. The van der Waals surface area contributed by atoms with E-state index in [1.807, 2.05) is 0 Å². The van der Waals surface area contributed by atoms with Crippen LogP contribution in [0.1, 0.15) is 25.7 Å². The summed E-state index contributed by atoms with van der Waals surface area (Å²) in [5.74, 6) is -0.296. The summed E-state index contributed by atoms with van der Waals surface area (Å²) in [6.45, 7) is 0. The van der Waals surface area contributed by atoms with E-state index in [1.165, 1.54) is 20.6 Å². The Bertz CT molecular complexity index is 208. The Morgan fingerprint density at radius 2 is 2.23 bits per heavy atom. The molecule has 74 valence electrons. The maximum absolute atomic E-state index is 11.3. The van der Waals surface area contributed by atoms with Gasteiger partial charge in [0.15, 0.2) is 6.10 Å². The van der Waals surface area contributed by atoms with Gasteiger partial charge in [-0.2, -0.15) is 0 Å². The maximum atomic E-state index is 11.3. The van der Waals surface area contributed by atoms with Crippen LogP contribution >= 0.6 is 0 Å². The minimum atomic E-state index is -0.481. The Labute approximate surface area is 78.7 Å². The van der Waals surface area contributed by atoms with Gasteiger partial charge < -0.3 is 9.47 Å². The van der Waals surface area contributed by atoms with Crippen molar-refractivity contribution in [3.8, 4) is 0 Å². The number of rotatable bonds is 3. The van der Waals surface area contributed by atoms with E-state index in [4.69, 9.17) is 4.74 Å². The zero-order chi connectivity index (χ0) is 9.68. The molecular weight excluding hydrogens is 168 g/mol. The number of ether oxygens (including phenoxy) is 2.